The van der Waals surface area contributed by atoms with Gasteiger partial charge in [0, 0.05) is 33.7 Å². The second-order valence-corrected chi connectivity index (χ2v) is 7.71. The number of ether oxygens (including phenoxy) is 1. The first kappa shape index (κ1) is 18.0. The van der Waals surface area contributed by atoms with Gasteiger partial charge in [-0.15, -0.1) is 0 Å². The van der Waals surface area contributed by atoms with Crippen LogP contribution in [-0.2, 0) is 6.54 Å². The van der Waals surface area contributed by atoms with Crippen molar-refractivity contribution in [1.29, 1.82) is 0 Å². The van der Waals surface area contributed by atoms with E-state index in [4.69, 9.17) is 16.3 Å². The van der Waals surface area contributed by atoms with Gasteiger partial charge in [-0.2, -0.15) is 5.10 Å². The topological polar surface area (TPSA) is 32.0 Å². The molecule has 2 heterocycles. The van der Waals surface area contributed by atoms with Crippen LogP contribution in [0.2, 0.25) is 5.02 Å². The number of benzene rings is 2. The van der Waals surface area contributed by atoms with E-state index in [1.54, 1.807) is 18.9 Å². The molecule has 0 saturated carbocycles. The quantitative estimate of drug-likeness (QED) is 0.416. The first-order valence-corrected chi connectivity index (χ1v) is 9.96. The Morgan fingerprint density at radius 2 is 2.00 bits per heavy atom. The number of aryl methyl sites for hydroxylation is 1. The predicted octanol–water partition coefficient (Wildman–Crippen LogP) is 5.97. The number of hydrogen-bond donors (Lipinski definition) is 0. The van der Waals surface area contributed by atoms with E-state index in [0.717, 1.165) is 44.5 Å². The van der Waals surface area contributed by atoms with Crippen molar-refractivity contribution in [3.63, 3.8) is 0 Å². The molecule has 4 aromatic rings. The summed E-state index contributed by atoms with van der Waals surface area (Å²) in [6.07, 6.45) is 3.96. The molecule has 0 saturated heterocycles. The molecule has 0 amide bonds. The predicted molar refractivity (Wildman–Crippen MR) is 112 cm³/mol. The Balaban J connectivity index is 1.92. The summed E-state index contributed by atoms with van der Waals surface area (Å²) in [6, 6.07) is 14.1. The van der Waals surface area contributed by atoms with Crippen molar-refractivity contribution in [1.82, 2.24) is 14.3 Å². The molecule has 27 heavy (non-hydrogen) atoms. The number of para-hydroxylation sites is 1. The van der Waals surface area contributed by atoms with Gasteiger partial charge in [0.05, 0.1) is 29.4 Å². The zero-order chi connectivity index (χ0) is 19.0. The van der Waals surface area contributed by atoms with Gasteiger partial charge in [0.15, 0.2) is 0 Å². The standard InChI is InChI=1S/C21H20ClN3OS/c1-4-24-13-16(12-23-24)25-14(2)21(17-10-9-15(22)11-18(17)25)27-20-8-6-5-7-19(20)26-3/h5-13H,4H2,1-3H3. The Morgan fingerprint density at radius 3 is 2.74 bits per heavy atom. The number of hydrogen-bond acceptors (Lipinski definition) is 3. The second kappa shape index (κ2) is 7.33. The Bertz CT molecular complexity index is 1120. The third kappa shape index (κ3) is 3.22. The molecule has 4 nitrogen and oxygen atoms in total. The molecular weight excluding hydrogens is 378 g/mol. The summed E-state index contributed by atoms with van der Waals surface area (Å²) in [5.41, 5.74) is 3.26. The van der Waals surface area contributed by atoms with Gasteiger partial charge in [0.25, 0.3) is 0 Å². The minimum Gasteiger partial charge on any atom is -0.496 e. The maximum atomic E-state index is 6.32. The highest BCUT2D eigenvalue weighted by molar-refractivity contribution is 7.99. The van der Waals surface area contributed by atoms with Gasteiger partial charge in [-0.1, -0.05) is 41.6 Å². The zero-order valence-electron chi connectivity index (χ0n) is 15.4. The third-order valence-electron chi connectivity index (χ3n) is 4.59. The summed E-state index contributed by atoms with van der Waals surface area (Å²) < 4.78 is 9.68. The first-order chi connectivity index (χ1) is 13.1. The van der Waals surface area contributed by atoms with Gasteiger partial charge in [0.2, 0.25) is 0 Å². The molecule has 0 aliphatic heterocycles. The Labute approximate surface area is 167 Å². The maximum Gasteiger partial charge on any atom is 0.132 e. The molecule has 138 valence electrons. The number of halogens is 1. The van der Waals surface area contributed by atoms with Crippen LogP contribution < -0.4 is 4.74 Å². The monoisotopic (exact) mass is 397 g/mol. The minimum absolute atomic E-state index is 0.720. The van der Waals surface area contributed by atoms with Crippen LogP contribution >= 0.6 is 23.4 Å². The molecule has 2 aromatic carbocycles. The van der Waals surface area contributed by atoms with Crippen LogP contribution in [0.15, 0.2) is 64.6 Å². The zero-order valence-corrected chi connectivity index (χ0v) is 17.0. The van der Waals surface area contributed by atoms with Gasteiger partial charge in [-0.05, 0) is 38.1 Å². The average molecular weight is 398 g/mol. The highest BCUT2D eigenvalue weighted by atomic mass is 35.5. The number of fused-ring (bicyclic) bond motifs is 1. The highest BCUT2D eigenvalue weighted by Crippen LogP contribution is 2.43. The molecule has 0 aliphatic rings. The van der Waals surface area contributed by atoms with Crippen LogP contribution in [0.25, 0.3) is 16.6 Å². The Morgan fingerprint density at radius 1 is 1.19 bits per heavy atom. The van der Waals surface area contributed by atoms with Crippen molar-refractivity contribution < 1.29 is 4.74 Å². The molecule has 0 spiro atoms. The van der Waals surface area contributed by atoms with E-state index in [2.05, 4.69) is 41.8 Å². The maximum absolute atomic E-state index is 6.32. The van der Waals surface area contributed by atoms with E-state index in [1.807, 2.05) is 41.2 Å². The largest absolute Gasteiger partial charge is 0.496 e. The lowest BCUT2D eigenvalue weighted by Gasteiger charge is -2.08. The van der Waals surface area contributed by atoms with E-state index < -0.39 is 0 Å². The van der Waals surface area contributed by atoms with Crippen LogP contribution in [0.3, 0.4) is 0 Å². The summed E-state index contributed by atoms with van der Waals surface area (Å²) in [4.78, 5) is 2.27. The van der Waals surface area contributed by atoms with Gasteiger partial charge < -0.3 is 9.30 Å². The third-order valence-corrected chi connectivity index (χ3v) is 6.10. The molecule has 4 rings (SSSR count). The molecule has 6 heteroatoms. The van der Waals surface area contributed by atoms with Crippen molar-refractivity contribution in [2.24, 2.45) is 0 Å². The molecule has 0 radical (unpaired) electrons. The second-order valence-electron chi connectivity index (χ2n) is 6.22. The lowest BCUT2D eigenvalue weighted by Crippen LogP contribution is -1.96. The SMILES string of the molecule is CCn1cc(-n2c(C)c(Sc3ccccc3OC)c3ccc(Cl)cc32)cn1. The van der Waals surface area contributed by atoms with E-state index in [0.29, 0.717) is 0 Å². The number of aromatic nitrogens is 3. The fourth-order valence-electron chi connectivity index (χ4n) is 3.27. The van der Waals surface area contributed by atoms with E-state index in [9.17, 15) is 0 Å². The number of nitrogens with zero attached hydrogens (tertiary/aromatic N) is 3. The van der Waals surface area contributed by atoms with Gasteiger partial charge in [-0.3, -0.25) is 4.68 Å². The Hall–Kier alpha value is -2.37. The minimum atomic E-state index is 0.720. The van der Waals surface area contributed by atoms with E-state index in [1.165, 1.54) is 4.90 Å². The summed E-state index contributed by atoms with van der Waals surface area (Å²) >= 11 is 8.03. The van der Waals surface area contributed by atoms with Crippen LogP contribution in [0, 0.1) is 6.92 Å². The van der Waals surface area contributed by atoms with E-state index >= 15 is 0 Å². The van der Waals surface area contributed by atoms with Crippen molar-refractivity contribution in [2.45, 2.75) is 30.2 Å². The fourth-order valence-corrected chi connectivity index (χ4v) is 4.58. The van der Waals surface area contributed by atoms with Crippen molar-refractivity contribution in [3.05, 3.63) is 65.6 Å². The highest BCUT2D eigenvalue weighted by Gasteiger charge is 2.19. The molecule has 0 aliphatic carbocycles. The van der Waals surface area contributed by atoms with Crippen LogP contribution in [-0.4, -0.2) is 21.5 Å². The van der Waals surface area contributed by atoms with Gasteiger partial charge >= 0.3 is 0 Å². The lowest BCUT2D eigenvalue weighted by molar-refractivity contribution is 0.405. The first-order valence-electron chi connectivity index (χ1n) is 8.76. The van der Waals surface area contributed by atoms with Gasteiger partial charge in [0.1, 0.15) is 5.75 Å². The summed E-state index contributed by atoms with van der Waals surface area (Å²) in [7, 11) is 1.70. The van der Waals surface area contributed by atoms with Crippen LogP contribution in [0.4, 0.5) is 0 Å². The molecule has 0 unspecified atom stereocenters. The van der Waals surface area contributed by atoms with Crippen molar-refractivity contribution >= 4 is 34.3 Å². The smallest absolute Gasteiger partial charge is 0.132 e. The number of methoxy groups -OCH3 is 1. The number of rotatable bonds is 5. The molecule has 2 aromatic heterocycles. The molecule has 0 fully saturated rings. The summed E-state index contributed by atoms with van der Waals surface area (Å²) in [5.74, 6) is 0.871. The van der Waals surface area contributed by atoms with Crippen LogP contribution in [0.5, 0.6) is 5.75 Å². The normalized spacial score (nSPS) is 11.3. The fraction of sp³-hybridized carbons (Fsp3) is 0.190. The van der Waals surface area contributed by atoms with Crippen molar-refractivity contribution in [2.75, 3.05) is 7.11 Å². The Kier molecular flexibility index (Phi) is 4.89. The van der Waals surface area contributed by atoms with Gasteiger partial charge in [-0.25, -0.2) is 0 Å². The summed E-state index contributed by atoms with van der Waals surface area (Å²) in [6.45, 7) is 5.05. The molecule has 0 atom stereocenters. The average Bonchev–Trinajstić information content (AvgIpc) is 3.25. The molecule has 0 N–H and O–H groups in total. The summed E-state index contributed by atoms with van der Waals surface area (Å²) in [5, 5.41) is 6.32. The lowest BCUT2D eigenvalue weighted by atomic mass is 10.2. The van der Waals surface area contributed by atoms with Crippen molar-refractivity contribution in [3.8, 4) is 11.4 Å². The van der Waals surface area contributed by atoms with Crippen LogP contribution in [0.1, 0.15) is 12.6 Å². The molecule has 0 bridgehead atoms. The molecular formula is C21H20ClN3OS. The van der Waals surface area contributed by atoms with E-state index in [-0.39, 0.29) is 0 Å².